The molecule has 0 aliphatic rings. The molecule has 0 spiro atoms. The van der Waals surface area contributed by atoms with E-state index in [2.05, 4.69) is 9.47 Å². The largest absolute Gasteiger partial charge is 0.462 e. The molecule has 0 aliphatic carbocycles. The van der Waals surface area contributed by atoms with Crippen LogP contribution in [0.1, 0.15) is 34.8 Å². The first-order chi connectivity index (χ1) is 9.40. The van der Waals surface area contributed by atoms with Crippen molar-refractivity contribution in [2.45, 2.75) is 20.0 Å². The van der Waals surface area contributed by atoms with Crippen molar-refractivity contribution in [2.75, 3.05) is 6.61 Å². The second-order valence-electron chi connectivity index (χ2n) is 3.45. The number of hydrogen-bond acceptors (Lipinski definition) is 4. The van der Waals surface area contributed by atoms with Gasteiger partial charge < -0.3 is 9.47 Å². The van der Waals surface area contributed by atoms with Crippen molar-refractivity contribution in [3.63, 3.8) is 0 Å². The van der Waals surface area contributed by atoms with Crippen LogP contribution in [-0.4, -0.2) is 19.2 Å². The fourth-order valence-corrected chi connectivity index (χ4v) is 1.49. The van der Waals surface area contributed by atoms with E-state index in [4.69, 9.17) is 5.26 Å². The maximum absolute atomic E-state index is 13.0. The summed E-state index contributed by atoms with van der Waals surface area (Å²) in [5, 5.41) is 8.73. The minimum atomic E-state index is -3.36. The third-order valence-corrected chi connectivity index (χ3v) is 2.20. The van der Waals surface area contributed by atoms with E-state index in [1.807, 2.05) is 0 Å². The molecular formula is C12H9F4NO3. The highest BCUT2D eigenvalue weighted by molar-refractivity contribution is 5.92. The van der Waals surface area contributed by atoms with Crippen LogP contribution >= 0.6 is 0 Å². The number of alkyl halides is 4. The number of nitriles is 1. The Bertz CT molecular complexity index is 540. The standard InChI is InChI=1S/C12H9F4NO3/c1-2-19-11(18)7-3-6(5-17)4-8(20-12(15)16)9(7)10(13)14/h3-4,10,12H,2H2,1H3. The lowest BCUT2D eigenvalue weighted by molar-refractivity contribution is -0.0521. The molecule has 1 aromatic rings. The van der Waals surface area contributed by atoms with Crippen molar-refractivity contribution < 1.29 is 31.8 Å². The van der Waals surface area contributed by atoms with Crippen LogP contribution in [0.25, 0.3) is 0 Å². The predicted octanol–water partition coefficient (Wildman–Crippen LogP) is 3.27. The fraction of sp³-hybridized carbons (Fsp3) is 0.333. The number of nitrogens with zero attached hydrogens (tertiary/aromatic N) is 1. The summed E-state index contributed by atoms with van der Waals surface area (Å²) in [6, 6.07) is 3.13. The lowest BCUT2D eigenvalue weighted by atomic mass is 10.0. The highest BCUT2D eigenvalue weighted by atomic mass is 19.3. The number of benzene rings is 1. The van der Waals surface area contributed by atoms with Crippen LogP contribution in [0.15, 0.2) is 12.1 Å². The molecule has 108 valence electrons. The zero-order valence-corrected chi connectivity index (χ0v) is 10.2. The van der Waals surface area contributed by atoms with Crippen LogP contribution in [0.3, 0.4) is 0 Å². The number of esters is 1. The summed E-state index contributed by atoms with van der Waals surface area (Å²) in [7, 11) is 0. The zero-order valence-electron chi connectivity index (χ0n) is 10.2. The zero-order chi connectivity index (χ0) is 15.3. The van der Waals surface area contributed by atoms with Gasteiger partial charge in [0.15, 0.2) is 0 Å². The van der Waals surface area contributed by atoms with Gasteiger partial charge in [0, 0.05) is 0 Å². The Kier molecular flexibility index (Phi) is 5.32. The van der Waals surface area contributed by atoms with E-state index >= 15 is 0 Å². The summed E-state index contributed by atoms with van der Waals surface area (Å²) < 4.78 is 58.8. The van der Waals surface area contributed by atoms with Crippen LogP contribution in [0.5, 0.6) is 5.75 Å². The fourth-order valence-electron chi connectivity index (χ4n) is 1.49. The highest BCUT2D eigenvalue weighted by Crippen LogP contribution is 2.35. The van der Waals surface area contributed by atoms with Crippen molar-refractivity contribution in [3.8, 4) is 11.8 Å². The van der Waals surface area contributed by atoms with Gasteiger partial charge in [-0.05, 0) is 19.1 Å². The molecule has 1 rings (SSSR count). The van der Waals surface area contributed by atoms with Crippen LogP contribution in [0, 0.1) is 11.3 Å². The quantitative estimate of drug-likeness (QED) is 0.617. The van der Waals surface area contributed by atoms with Gasteiger partial charge in [0.1, 0.15) is 5.75 Å². The van der Waals surface area contributed by atoms with E-state index in [-0.39, 0.29) is 12.2 Å². The first kappa shape index (κ1) is 15.8. The summed E-state index contributed by atoms with van der Waals surface area (Å²) >= 11 is 0. The van der Waals surface area contributed by atoms with Gasteiger partial charge in [-0.1, -0.05) is 0 Å². The molecule has 0 amide bonds. The highest BCUT2D eigenvalue weighted by Gasteiger charge is 2.26. The molecule has 0 atom stereocenters. The first-order valence-corrected chi connectivity index (χ1v) is 5.38. The lowest BCUT2D eigenvalue weighted by Crippen LogP contribution is -2.12. The van der Waals surface area contributed by atoms with Crippen LogP contribution in [0.4, 0.5) is 17.6 Å². The molecular weight excluding hydrogens is 282 g/mol. The number of ether oxygens (including phenoxy) is 2. The van der Waals surface area contributed by atoms with E-state index in [1.54, 1.807) is 6.07 Å². The van der Waals surface area contributed by atoms with Crippen LogP contribution in [-0.2, 0) is 4.74 Å². The number of rotatable bonds is 5. The van der Waals surface area contributed by atoms with E-state index in [0.29, 0.717) is 0 Å². The summed E-state index contributed by atoms with van der Waals surface area (Å²) in [5.74, 6) is -2.06. The van der Waals surface area contributed by atoms with Gasteiger partial charge in [-0.3, -0.25) is 0 Å². The lowest BCUT2D eigenvalue weighted by Gasteiger charge is -2.14. The van der Waals surface area contributed by atoms with Crippen molar-refractivity contribution in [1.29, 1.82) is 5.26 Å². The summed E-state index contributed by atoms with van der Waals surface area (Å²) in [5.41, 5.74) is -1.97. The number of carbonyl (C=O) groups excluding carboxylic acids is 1. The minimum absolute atomic E-state index is 0.0939. The molecule has 0 radical (unpaired) electrons. The average Bonchev–Trinajstić information content (AvgIpc) is 2.36. The number of halogens is 4. The third kappa shape index (κ3) is 3.60. The van der Waals surface area contributed by atoms with Crippen molar-refractivity contribution in [3.05, 3.63) is 28.8 Å². The SMILES string of the molecule is CCOC(=O)c1cc(C#N)cc(OC(F)F)c1C(F)F. The molecule has 0 aromatic heterocycles. The van der Waals surface area contributed by atoms with Crippen molar-refractivity contribution in [1.82, 2.24) is 0 Å². The van der Waals surface area contributed by atoms with Gasteiger partial charge >= 0.3 is 12.6 Å². The van der Waals surface area contributed by atoms with Crippen molar-refractivity contribution >= 4 is 5.97 Å². The Morgan fingerprint density at radius 3 is 2.45 bits per heavy atom. The number of hydrogen-bond donors (Lipinski definition) is 0. The van der Waals surface area contributed by atoms with Gasteiger partial charge in [0.25, 0.3) is 6.43 Å². The summed E-state index contributed by atoms with van der Waals surface area (Å²) in [6.45, 7) is -2.01. The molecule has 8 heteroatoms. The molecule has 4 nitrogen and oxygen atoms in total. The van der Waals surface area contributed by atoms with Crippen LogP contribution in [0.2, 0.25) is 0 Å². The maximum atomic E-state index is 13.0. The van der Waals surface area contributed by atoms with Crippen molar-refractivity contribution in [2.24, 2.45) is 0 Å². The van der Waals surface area contributed by atoms with E-state index < -0.39 is 35.9 Å². The molecule has 0 aliphatic heterocycles. The normalized spacial score (nSPS) is 10.5. The molecule has 0 saturated heterocycles. The minimum Gasteiger partial charge on any atom is -0.462 e. The second-order valence-corrected chi connectivity index (χ2v) is 3.45. The van der Waals surface area contributed by atoms with E-state index in [1.165, 1.54) is 6.92 Å². The Morgan fingerprint density at radius 2 is 2.00 bits per heavy atom. The van der Waals surface area contributed by atoms with Gasteiger partial charge in [-0.25, -0.2) is 13.6 Å². The van der Waals surface area contributed by atoms with E-state index in [9.17, 15) is 22.4 Å². The molecule has 20 heavy (non-hydrogen) atoms. The predicted molar refractivity (Wildman–Crippen MR) is 58.7 cm³/mol. The summed E-state index contributed by atoms with van der Waals surface area (Å²) in [4.78, 5) is 11.6. The second kappa shape index (κ2) is 6.75. The molecule has 0 fully saturated rings. The molecule has 0 bridgehead atoms. The Balaban J connectivity index is 3.46. The smallest absolute Gasteiger partial charge is 0.387 e. The Labute approximate surface area is 111 Å². The first-order valence-electron chi connectivity index (χ1n) is 5.38. The maximum Gasteiger partial charge on any atom is 0.387 e. The van der Waals surface area contributed by atoms with Crippen LogP contribution < -0.4 is 4.74 Å². The molecule has 0 heterocycles. The van der Waals surface area contributed by atoms with Gasteiger partial charge in [-0.15, -0.1) is 0 Å². The monoisotopic (exact) mass is 291 g/mol. The van der Waals surface area contributed by atoms with Gasteiger partial charge in [0.2, 0.25) is 0 Å². The number of carbonyl (C=O) groups is 1. The summed E-state index contributed by atoms with van der Waals surface area (Å²) in [6.07, 6.45) is -3.24. The van der Waals surface area contributed by atoms with E-state index in [0.717, 1.165) is 12.1 Å². The molecule has 1 aromatic carbocycles. The molecule has 0 saturated carbocycles. The molecule has 0 N–H and O–H groups in total. The topological polar surface area (TPSA) is 59.3 Å². The average molecular weight is 291 g/mol. The Hall–Kier alpha value is -2.30. The van der Waals surface area contributed by atoms with Gasteiger partial charge in [-0.2, -0.15) is 14.0 Å². The van der Waals surface area contributed by atoms with Gasteiger partial charge in [0.05, 0.1) is 29.4 Å². The third-order valence-electron chi connectivity index (χ3n) is 2.20. The molecule has 0 unspecified atom stereocenters. The Morgan fingerprint density at radius 1 is 1.35 bits per heavy atom.